The molecule has 1 nitrogen and oxygen atoms in total. The quantitative estimate of drug-likeness (QED) is 0.589. The summed E-state index contributed by atoms with van der Waals surface area (Å²) in [5.41, 5.74) is 9.55. The molecule has 0 atom stereocenters. The van der Waals surface area contributed by atoms with Crippen molar-refractivity contribution in [3.8, 4) is 0 Å². The lowest BCUT2D eigenvalue weighted by molar-refractivity contribution is 0.783. The third-order valence-corrected chi connectivity index (χ3v) is 1.92. The molecule has 2 N–H and O–H groups in total. The van der Waals surface area contributed by atoms with Crippen molar-refractivity contribution in [1.82, 2.24) is 0 Å². The first-order valence-corrected chi connectivity index (χ1v) is 3.77. The molecular formula is C9H15N. The van der Waals surface area contributed by atoms with Gasteiger partial charge in [0.15, 0.2) is 0 Å². The number of nitrogens with two attached hydrogens (primary N) is 1. The van der Waals surface area contributed by atoms with E-state index in [0.717, 1.165) is 12.1 Å². The Morgan fingerprint density at radius 2 is 2.10 bits per heavy atom. The third kappa shape index (κ3) is 1.23. The molecule has 0 bridgehead atoms. The minimum absolute atomic E-state index is 0.626. The predicted molar refractivity (Wildman–Crippen MR) is 44.4 cm³/mol. The standard InChI is InChI=1S/C9H15N/c1-6(2)9-5-8(10)4-7(9)3/h5-6H,4,10H2,1-3H3. The highest BCUT2D eigenvalue weighted by molar-refractivity contribution is 5.37. The van der Waals surface area contributed by atoms with E-state index in [0.29, 0.717) is 5.92 Å². The van der Waals surface area contributed by atoms with Crippen LogP contribution in [0.2, 0.25) is 0 Å². The van der Waals surface area contributed by atoms with Crippen LogP contribution in [0.4, 0.5) is 0 Å². The normalized spacial score (nSPS) is 18.6. The largest absolute Gasteiger partial charge is 0.402 e. The SMILES string of the molecule is CC1=C(C(C)C)C=C(N)C1. The topological polar surface area (TPSA) is 26.0 Å². The van der Waals surface area contributed by atoms with Crippen molar-refractivity contribution in [1.29, 1.82) is 0 Å². The maximum absolute atomic E-state index is 5.67. The maximum atomic E-state index is 5.67. The van der Waals surface area contributed by atoms with Gasteiger partial charge in [0.05, 0.1) is 0 Å². The fraction of sp³-hybridized carbons (Fsp3) is 0.556. The molecule has 0 amide bonds. The van der Waals surface area contributed by atoms with Gasteiger partial charge >= 0.3 is 0 Å². The van der Waals surface area contributed by atoms with E-state index in [1.165, 1.54) is 11.1 Å². The van der Waals surface area contributed by atoms with Crippen molar-refractivity contribution in [2.24, 2.45) is 11.7 Å². The molecule has 0 fully saturated rings. The summed E-state index contributed by atoms with van der Waals surface area (Å²) in [7, 11) is 0. The van der Waals surface area contributed by atoms with Gasteiger partial charge in [-0.05, 0) is 24.5 Å². The van der Waals surface area contributed by atoms with E-state index in [9.17, 15) is 0 Å². The van der Waals surface area contributed by atoms with Gasteiger partial charge in [-0.25, -0.2) is 0 Å². The van der Waals surface area contributed by atoms with E-state index < -0.39 is 0 Å². The lowest BCUT2D eigenvalue weighted by Crippen LogP contribution is -1.91. The van der Waals surface area contributed by atoms with Crippen LogP contribution < -0.4 is 5.73 Å². The van der Waals surface area contributed by atoms with Crippen LogP contribution in [0, 0.1) is 5.92 Å². The van der Waals surface area contributed by atoms with Crippen molar-refractivity contribution in [2.75, 3.05) is 0 Å². The first kappa shape index (κ1) is 7.39. The highest BCUT2D eigenvalue weighted by Gasteiger charge is 2.11. The molecule has 0 spiro atoms. The average Bonchev–Trinajstić information content (AvgIpc) is 2.10. The molecule has 1 aliphatic carbocycles. The van der Waals surface area contributed by atoms with Crippen LogP contribution >= 0.6 is 0 Å². The number of allylic oxidation sites excluding steroid dienone is 3. The third-order valence-electron chi connectivity index (χ3n) is 1.92. The van der Waals surface area contributed by atoms with Crippen LogP contribution in [-0.2, 0) is 0 Å². The van der Waals surface area contributed by atoms with Crippen molar-refractivity contribution in [3.63, 3.8) is 0 Å². The van der Waals surface area contributed by atoms with Gasteiger partial charge in [0.2, 0.25) is 0 Å². The number of rotatable bonds is 1. The molecule has 1 rings (SSSR count). The van der Waals surface area contributed by atoms with Gasteiger partial charge in [-0.1, -0.05) is 19.4 Å². The molecule has 0 aromatic carbocycles. The van der Waals surface area contributed by atoms with E-state index >= 15 is 0 Å². The molecule has 10 heavy (non-hydrogen) atoms. The Kier molecular flexibility index (Phi) is 1.84. The summed E-state index contributed by atoms with van der Waals surface area (Å²) in [6, 6.07) is 0. The summed E-state index contributed by atoms with van der Waals surface area (Å²) in [6.45, 7) is 6.56. The monoisotopic (exact) mass is 137 g/mol. The van der Waals surface area contributed by atoms with Gasteiger partial charge in [-0.15, -0.1) is 0 Å². The summed E-state index contributed by atoms with van der Waals surface area (Å²) in [6.07, 6.45) is 3.09. The predicted octanol–water partition coefficient (Wildman–Crippen LogP) is 2.21. The van der Waals surface area contributed by atoms with Gasteiger partial charge in [0.1, 0.15) is 0 Å². The molecule has 1 heteroatoms. The van der Waals surface area contributed by atoms with E-state index in [2.05, 4.69) is 26.8 Å². The lowest BCUT2D eigenvalue weighted by Gasteiger charge is -2.04. The van der Waals surface area contributed by atoms with Gasteiger partial charge in [0, 0.05) is 12.1 Å². The average molecular weight is 137 g/mol. The van der Waals surface area contributed by atoms with Crippen LogP contribution in [0.15, 0.2) is 22.9 Å². The second-order valence-corrected chi connectivity index (χ2v) is 3.29. The zero-order chi connectivity index (χ0) is 7.72. The molecule has 0 aromatic heterocycles. The smallest absolute Gasteiger partial charge is 0.0125 e. The highest BCUT2D eigenvalue weighted by atomic mass is 14.6. The number of hydrogen-bond donors (Lipinski definition) is 1. The summed E-state index contributed by atoms with van der Waals surface area (Å²) in [5, 5.41) is 0. The van der Waals surface area contributed by atoms with Gasteiger partial charge in [-0.3, -0.25) is 0 Å². The molecule has 0 heterocycles. The fourth-order valence-corrected chi connectivity index (χ4v) is 1.44. The zero-order valence-corrected chi connectivity index (χ0v) is 6.94. The molecule has 1 aliphatic rings. The van der Waals surface area contributed by atoms with Crippen molar-refractivity contribution >= 4 is 0 Å². The molecule has 0 saturated heterocycles. The Hall–Kier alpha value is -0.720. The van der Waals surface area contributed by atoms with Gasteiger partial charge in [-0.2, -0.15) is 0 Å². The molecule has 0 aliphatic heterocycles. The first-order chi connectivity index (χ1) is 4.61. The van der Waals surface area contributed by atoms with Gasteiger partial charge < -0.3 is 5.73 Å². The minimum atomic E-state index is 0.626. The van der Waals surface area contributed by atoms with E-state index in [1.54, 1.807) is 0 Å². The van der Waals surface area contributed by atoms with Crippen LogP contribution in [0.25, 0.3) is 0 Å². The van der Waals surface area contributed by atoms with E-state index in [1.807, 2.05) is 0 Å². The van der Waals surface area contributed by atoms with Crippen LogP contribution in [-0.4, -0.2) is 0 Å². The maximum Gasteiger partial charge on any atom is 0.0125 e. The van der Waals surface area contributed by atoms with Crippen LogP contribution in [0.3, 0.4) is 0 Å². The van der Waals surface area contributed by atoms with Crippen molar-refractivity contribution in [3.05, 3.63) is 22.9 Å². The molecule has 0 aromatic rings. The first-order valence-electron chi connectivity index (χ1n) is 3.77. The summed E-state index contributed by atoms with van der Waals surface area (Å²) >= 11 is 0. The molecule has 0 saturated carbocycles. The lowest BCUT2D eigenvalue weighted by atomic mass is 10.0. The molecule has 0 unspecified atom stereocenters. The second-order valence-electron chi connectivity index (χ2n) is 3.29. The molecular weight excluding hydrogens is 122 g/mol. The molecule has 0 radical (unpaired) electrons. The Morgan fingerprint density at radius 1 is 1.50 bits per heavy atom. The zero-order valence-electron chi connectivity index (χ0n) is 6.94. The Morgan fingerprint density at radius 3 is 2.30 bits per heavy atom. The van der Waals surface area contributed by atoms with Crippen molar-refractivity contribution < 1.29 is 0 Å². The van der Waals surface area contributed by atoms with Crippen LogP contribution in [0.5, 0.6) is 0 Å². The number of hydrogen-bond acceptors (Lipinski definition) is 1. The van der Waals surface area contributed by atoms with Gasteiger partial charge in [0.25, 0.3) is 0 Å². The highest BCUT2D eigenvalue weighted by Crippen LogP contribution is 2.26. The fourth-order valence-electron chi connectivity index (χ4n) is 1.44. The summed E-state index contributed by atoms with van der Waals surface area (Å²) in [4.78, 5) is 0. The molecule has 56 valence electrons. The van der Waals surface area contributed by atoms with E-state index in [-0.39, 0.29) is 0 Å². The Labute approximate surface area is 62.6 Å². The van der Waals surface area contributed by atoms with E-state index in [4.69, 9.17) is 5.73 Å². The second kappa shape index (κ2) is 2.49. The summed E-state index contributed by atoms with van der Waals surface area (Å²) < 4.78 is 0. The minimum Gasteiger partial charge on any atom is -0.402 e. The summed E-state index contributed by atoms with van der Waals surface area (Å²) in [5.74, 6) is 0.626. The van der Waals surface area contributed by atoms with Crippen LogP contribution in [0.1, 0.15) is 27.2 Å². The van der Waals surface area contributed by atoms with Crippen molar-refractivity contribution in [2.45, 2.75) is 27.2 Å². The Balaban J connectivity index is 2.82. The Bertz CT molecular complexity index is 197.